The first-order valence-electron chi connectivity index (χ1n) is 10.5. The zero-order valence-electron chi connectivity index (χ0n) is 17.6. The van der Waals surface area contributed by atoms with Gasteiger partial charge in [0.15, 0.2) is 5.96 Å². The summed E-state index contributed by atoms with van der Waals surface area (Å²) in [5.74, 6) is 0.511. The second-order valence-electron chi connectivity index (χ2n) is 7.53. The Labute approximate surface area is 176 Å². The molecule has 0 saturated heterocycles. The van der Waals surface area contributed by atoms with Crippen LogP contribution in [0.3, 0.4) is 0 Å². The van der Waals surface area contributed by atoms with Crippen LogP contribution in [-0.2, 0) is 4.74 Å². The zero-order valence-corrected chi connectivity index (χ0v) is 17.6. The molecule has 1 aliphatic carbocycles. The molecule has 30 heavy (non-hydrogen) atoms. The summed E-state index contributed by atoms with van der Waals surface area (Å²) in [5, 5.41) is 7.18. The molecule has 0 bridgehead atoms. The number of hydrogen-bond acceptors (Lipinski definition) is 6. The standard InChI is InChI=1S/C21H31N7O2/c1-3-30-11-10-24-20(29)19-25-15-9-8-13(2)12-14(15)18(28-19)26-16-6-4-5-7-17(16)27-21(22)23/h8-9,12,16-17H,3-7,10-11H2,1-2H3,(H,24,29)(H4,22,23,27)(H,25,26,28). The lowest BCUT2D eigenvalue weighted by atomic mass is 9.90. The number of nitrogens with zero attached hydrogens (tertiary/aromatic N) is 3. The number of carbonyl (C=O) groups excluding carboxylic acids is 1. The van der Waals surface area contributed by atoms with Crippen LogP contribution in [0.5, 0.6) is 0 Å². The fourth-order valence-electron chi connectivity index (χ4n) is 3.72. The summed E-state index contributed by atoms with van der Waals surface area (Å²) in [6.45, 7) is 5.38. The van der Waals surface area contributed by atoms with E-state index in [9.17, 15) is 4.79 Å². The van der Waals surface area contributed by atoms with Gasteiger partial charge in [-0.2, -0.15) is 0 Å². The molecule has 1 aromatic carbocycles. The summed E-state index contributed by atoms with van der Waals surface area (Å²) in [6.07, 6.45) is 3.99. The molecule has 0 aliphatic heterocycles. The number of amides is 1. The molecule has 162 valence electrons. The van der Waals surface area contributed by atoms with Crippen LogP contribution in [0, 0.1) is 6.92 Å². The van der Waals surface area contributed by atoms with E-state index in [1.807, 2.05) is 32.0 Å². The van der Waals surface area contributed by atoms with Crippen LogP contribution in [0.15, 0.2) is 23.2 Å². The van der Waals surface area contributed by atoms with Gasteiger partial charge < -0.3 is 26.8 Å². The Balaban J connectivity index is 1.90. The Morgan fingerprint density at radius 2 is 2.07 bits per heavy atom. The van der Waals surface area contributed by atoms with Gasteiger partial charge in [0.1, 0.15) is 5.82 Å². The molecule has 0 radical (unpaired) electrons. The summed E-state index contributed by atoms with van der Waals surface area (Å²) in [5.41, 5.74) is 13.1. The molecule has 1 aromatic heterocycles. The second-order valence-corrected chi connectivity index (χ2v) is 7.53. The van der Waals surface area contributed by atoms with Crippen LogP contribution in [0.4, 0.5) is 5.82 Å². The van der Waals surface area contributed by atoms with Gasteiger partial charge in [0.25, 0.3) is 5.91 Å². The Morgan fingerprint density at radius 3 is 2.83 bits per heavy atom. The number of anilines is 1. The molecular formula is C21H31N7O2. The number of aromatic nitrogens is 2. The number of aliphatic imine (C=N–C) groups is 1. The van der Waals surface area contributed by atoms with E-state index >= 15 is 0 Å². The third-order valence-electron chi connectivity index (χ3n) is 5.16. The van der Waals surface area contributed by atoms with Crippen molar-refractivity contribution in [1.82, 2.24) is 15.3 Å². The Hall–Kier alpha value is -2.94. The van der Waals surface area contributed by atoms with Crippen molar-refractivity contribution >= 4 is 28.6 Å². The summed E-state index contributed by atoms with van der Waals surface area (Å²) in [4.78, 5) is 26.0. The van der Waals surface area contributed by atoms with E-state index < -0.39 is 0 Å². The van der Waals surface area contributed by atoms with Crippen molar-refractivity contribution in [1.29, 1.82) is 0 Å². The van der Waals surface area contributed by atoms with Gasteiger partial charge in [0.05, 0.1) is 24.2 Å². The van der Waals surface area contributed by atoms with Gasteiger partial charge in [0, 0.05) is 18.5 Å². The molecule has 9 nitrogen and oxygen atoms in total. The number of nitrogens with two attached hydrogens (primary N) is 2. The van der Waals surface area contributed by atoms with Gasteiger partial charge in [-0.3, -0.25) is 4.79 Å². The molecule has 2 atom stereocenters. The predicted octanol–water partition coefficient (Wildman–Crippen LogP) is 1.70. The number of aryl methyl sites for hydroxylation is 1. The molecule has 1 saturated carbocycles. The molecule has 1 aliphatic rings. The third-order valence-corrected chi connectivity index (χ3v) is 5.16. The van der Waals surface area contributed by atoms with Crippen molar-refractivity contribution in [2.45, 2.75) is 51.6 Å². The van der Waals surface area contributed by atoms with Crippen LogP contribution < -0.4 is 22.1 Å². The van der Waals surface area contributed by atoms with Crippen LogP contribution in [0.1, 0.15) is 48.8 Å². The number of carbonyl (C=O) groups is 1. The lowest BCUT2D eigenvalue weighted by Crippen LogP contribution is -2.38. The highest BCUT2D eigenvalue weighted by molar-refractivity contribution is 5.96. The van der Waals surface area contributed by atoms with Gasteiger partial charge >= 0.3 is 0 Å². The van der Waals surface area contributed by atoms with E-state index in [-0.39, 0.29) is 29.8 Å². The van der Waals surface area contributed by atoms with E-state index in [4.69, 9.17) is 16.2 Å². The number of nitrogens with one attached hydrogen (secondary N) is 2. The summed E-state index contributed by atoms with van der Waals surface area (Å²) in [6, 6.07) is 5.91. The maximum atomic E-state index is 12.6. The Kier molecular flexibility index (Phi) is 7.40. The maximum Gasteiger partial charge on any atom is 0.289 e. The minimum absolute atomic E-state index is 0.0259. The molecule has 0 spiro atoms. The molecule has 2 aromatic rings. The molecule has 6 N–H and O–H groups in total. The first-order chi connectivity index (χ1) is 14.5. The normalized spacial score (nSPS) is 18.7. The highest BCUT2D eigenvalue weighted by atomic mass is 16.5. The SMILES string of the molecule is CCOCCNC(=O)c1nc(NC2CCCCC2N=C(N)N)c2cc(C)ccc2n1. The highest BCUT2D eigenvalue weighted by Gasteiger charge is 2.26. The number of hydrogen-bond donors (Lipinski definition) is 4. The Bertz CT molecular complexity index is 912. The van der Waals surface area contributed by atoms with Crippen LogP contribution in [-0.4, -0.2) is 53.7 Å². The average molecular weight is 414 g/mol. The maximum absolute atomic E-state index is 12.6. The fraction of sp³-hybridized carbons (Fsp3) is 0.524. The fourth-order valence-corrected chi connectivity index (χ4v) is 3.72. The minimum Gasteiger partial charge on any atom is -0.380 e. The first kappa shape index (κ1) is 21.8. The Morgan fingerprint density at radius 1 is 1.27 bits per heavy atom. The van der Waals surface area contributed by atoms with Crippen molar-refractivity contribution in [3.63, 3.8) is 0 Å². The summed E-state index contributed by atoms with van der Waals surface area (Å²) in [7, 11) is 0. The molecule has 9 heteroatoms. The second kappa shape index (κ2) is 10.2. The minimum atomic E-state index is -0.329. The van der Waals surface area contributed by atoms with E-state index in [1.54, 1.807) is 0 Å². The molecule has 2 unspecified atom stereocenters. The van der Waals surface area contributed by atoms with Gasteiger partial charge in [-0.05, 0) is 38.8 Å². The largest absolute Gasteiger partial charge is 0.380 e. The van der Waals surface area contributed by atoms with Crippen molar-refractivity contribution < 1.29 is 9.53 Å². The van der Waals surface area contributed by atoms with E-state index in [2.05, 4.69) is 25.6 Å². The van der Waals surface area contributed by atoms with Crippen LogP contribution in [0.25, 0.3) is 10.9 Å². The average Bonchev–Trinajstić information content (AvgIpc) is 2.72. The number of fused-ring (bicyclic) bond motifs is 1. The molecular weight excluding hydrogens is 382 g/mol. The predicted molar refractivity (Wildman–Crippen MR) is 119 cm³/mol. The first-order valence-corrected chi connectivity index (χ1v) is 10.5. The lowest BCUT2D eigenvalue weighted by molar-refractivity contribution is 0.0913. The smallest absolute Gasteiger partial charge is 0.289 e. The molecule has 1 amide bonds. The molecule has 1 heterocycles. The van der Waals surface area contributed by atoms with Gasteiger partial charge in [-0.25, -0.2) is 15.0 Å². The third kappa shape index (κ3) is 5.56. The van der Waals surface area contributed by atoms with Crippen molar-refractivity contribution in [2.24, 2.45) is 16.5 Å². The molecule has 3 rings (SSSR count). The highest BCUT2D eigenvalue weighted by Crippen LogP contribution is 2.28. The van der Waals surface area contributed by atoms with Crippen LogP contribution in [0.2, 0.25) is 0 Å². The van der Waals surface area contributed by atoms with Crippen molar-refractivity contribution in [2.75, 3.05) is 25.1 Å². The van der Waals surface area contributed by atoms with Gasteiger partial charge in [-0.15, -0.1) is 0 Å². The van der Waals surface area contributed by atoms with E-state index in [0.29, 0.717) is 31.1 Å². The monoisotopic (exact) mass is 413 g/mol. The number of ether oxygens (including phenoxy) is 1. The summed E-state index contributed by atoms with van der Waals surface area (Å²) >= 11 is 0. The van der Waals surface area contributed by atoms with E-state index in [0.717, 1.165) is 36.6 Å². The van der Waals surface area contributed by atoms with Crippen molar-refractivity contribution in [3.05, 3.63) is 29.6 Å². The summed E-state index contributed by atoms with van der Waals surface area (Å²) < 4.78 is 5.27. The van der Waals surface area contributed by atoms with Crippen molar-refractivity contribution in [3.8, 4) is 0 Å². The van der Waals surface area contributed by atoms with Gasteiger partial charge in [0.2, 0.25) is 5.82 Å². The lowest BCUT2D eigenvalue weighted by Gasteiger charge is -2.30. The quantitative estimate of drug-likeness (QED) is 0.293. The topological polar surface area (TPSA) is 141 Å². The van der Waals surface area contributed by atoms with Gasteiger partial charge in [-0.1, -0.05) is 24.5 Å². The number of guanidine groups is 1. The van der Waals surface area contributed by atoms with E-state index in [1.165, 1.54) is 0 Å². The zero-order chi connectivity index (χ0) is 21.5. The number of rotatable bonds is 8. The van der Waals surface area contributed by atoms with Crippen LogP contribution >= 0.6 is 0 Å². The number of benzene rings is 1. The molecule has 1 fully saturated rings.